The SMILES string of the molecule is Cc1sc2nc3c(n2c1C)Cc1c(Br)cccc1-3. The van der Waals surface area contributed by atoms with Crippen LogP contribution in [0.15, 0.2) is 22.7 Å². The molecule has 3 aromatic rings. The van der Waals surface area contributed by atoms with Crippen LogP contribution >= 0.6 is 27.3 Å². The molecule has 0 spiro atoms. The van der Waals surface area contributed by atoms with Gasteiger partial charge in [0.05, 0.1) is 11.4 Å². The molecule has 90 valence electrons. The molecule has 0 saturated heterocycles. The van der Waals surface area contributed by atoms with Crippen molar-refractivity contribution in [2.75, 3.05) is 0 Å². The summed E-state index contributed by atoms with van der Waals surface area (Å²) in [4.78, 5) is 7.30. The molecule has 1 aliphatic carbocycles. The quantitative estimate of drug-likeness (QED) is 0.471. The van der Waals surface area contributed by atoms with Crippen molar-refractivity contribution < 1.29 is 0 Å². The molecule has 0 unspecified atom stereocenters. The number of hydrogen-bond acceptors (Lipinski definition) is 2. The number of nitrogens with zero attached hydrogens (tertiary/aromatic N) is 2. The highest BCUT2D eigenvalue weighted by atomic mass is 79.9. The zero-order valence-corrected chi connectivity index (χ0v) is 12.5. The van der Waals surface area contributed by atoms with Crippen molar-refractivity contribution in [1.29, 1.82) is 0 Å². The topological polar surface area (TPSA) is 17.3 Å². The Morgan fingerprint density at radius 3 is 3.00 bits per heavy atom. The van der Waals surface area contributed by atoms with Crippen molar-refractivity contribution >= 4 is 32.2 Å². The van der Waals surface area contributed by atoms with E-state index in [1.165, 1.54) is 37.6 Å². The van der Waals surface area contributed by atoms with Crippen LogP contribution in [0.1, 0.15) is 21.8 Å². The smallest absolute Gasteiger partial charge is 0.194 e. The van der Waals surface area contributed by atoms with Crippen LogP contribution in [-0.2, 0) is 6.42 Å². The third kappa shape index (κ3) is 1.20. The van der Waals surface area contributed by atoms with Gasteiger partial charge in [0.2, 0.25) is 0 Å². The van der Waals surface area contributed by atoms with Crippen molar-refractivity contribution in [3.8, 4) is 11.3 Å². The van der Waals surface area contributed by atoms with Crippen LogP contribution in [0.2, 0.25) is 0 Å². The van der Waals surface area contributed by atoms with Crippen LogP contribution in [0.25, 0.3) is 16.2 Å². The number of hydrogen-bond donors (Lipinski definition) is 0. The third-order valence-electron chi connectivity index (χ3n) is 3.75. The summed E-state index contributed by atoms with van der Waals surface area (Å²) < 4.78 is 3.51. The Morgan fingerprint density at radius 2 is 2.17 bits per heavy atom. The van der Waals surface area contributed by atoms with Crippen molar-refractivity contribution in [3.05, 3.63) is 44.5 Å². The molecule has 2 nitrogen and oxygen atoms in total. The van der Waals surface area contributed by atoms with E-state index in [2.05, 4.69) is 52.4 Å². The highest BCUT2D eigenvalue weighted by Crippen LogP contribution is 2.41. The van der Waals surface area contributed by atoms with Gasteiger partial charge in [0.15, 0.2) is 4.96 Å². The molecule has 0 saturated carbocycles. The number of fused-ring (bicyclic) bond motifs is 5. The predicted octanol–water partition coefficient (Wildman–Crippen LogP) is 4.35. The third-order valence-corrected chi connectivity index (χ3v) is 5.55. The fourth-order valence-electron chi connectivity index (χ4n) is 2.72. The maximum atomic E-state index is 4.82. The summed E-state index contributed by atoms with van der Waals surface area (Å²) in [5, 5.41) is 0. The van der Waals surface area contributed by atoms with Gasteiger partial charge in [-0.2, -0.15) is 0 Å². The number of aromatic nitrogens is 2. The second-order valence-electron chi connectivity index (χ2n) is 4.71. The van der Waals surface area contributed by atoms with E-state index in [9.17, 15) is 0 Å². The van der Waals surface area contributed by atoms with Gasteiger partial charge in [-0.1, -0.05) is 28.1 Å². The zero-order chi connectivity index (χ0) is 12.4. The first-order valence-electron chi connectivity index (χ1n) is 5.92. The second-order valence-corrected chi connectivity index (χ2v) is 6.75. The fourth-order valence-corrected chi connectivity index (χ4v) is 4.21. The summed E-state index contributed by atoms with van der Waals surface area (Å²) in [6.45, 7) is 4.35. The van der Waals surface area contributed by atoms with Gasteiger partial charge < -0.3 is 0 Å². The van der Waals surface area contributed by atoms with Crippen molar-refractivity contribution in [3.63, 3.8) is 0 Å². The Labute approximate surface area is 117 Å². The van der Waals surface area contributed by atoms with Crippen LogP contribution in [0.3, 0.4) is 0 Å². The molecule has 0 radical (unpaired) electrons. The van der Waals surface area contributed by atoms with E-state index in [-0.39, 0.29) is 0 Å². The molecule has 0 bridgehead atoms. The molecule has 0 N–H and O–H groups in total. The van der Waals surface area contributed by atoms with Gasteiger partial charge in [0, 0.05) is 27.0 Å². The monoisotopic (exact) mass is 318 g/mol. The van der Waals surface area contributed by atoms with Crippen molar-refractivity contribution in [2.45, 2.75) is 20.3 Å². The molecule has 0 fully saturated rings. The number of thiazole rings is 1. The van der Waals surface area contributed by atoms with E-state index in [4.69, 9.17) is 4.98 Å². The van der Waals surface area contributed by atoms with Gasteiger partial charge in [0.1, 0.15) is 0 Å². The van der Waals surface area contributed by atoms with E-state index in [0.717, 1.165) is 11.4 Å². The largest absolute Gasteiger partial charge is 0.291 e. The maximum absolute atomic E-state index is 4.82. The average Bonchev–Trinajstić information content (AvgIpc) is 2.92. The molecular formula is C14H11BrN2S. The summed E-state index contributed by atoms with van der Waals surface area (Å²) >= 11 is 5.43. The maximum Gasteiger partial charge on any atom is 0.194 e. The van der Waals surface area contributed by atoms with Crippen molar-refractivity contribution in [1.82, 2.24) is 9.38 Å². The summed E-state index contributed by atoms with van der Waals surface area (Å²) in [5.41, 5.74) is 6.49. The van der Waals surface area contributed by atoms with Crippen LogP contribution in [-0.4, -0.2) is 9.38 Å². The van der Waals surface area contributed by atoms with Gasteiger partial charge in [-0.25, -0.2) is 4.98 Å². The summed E-state index contributed by atoms with van der Waals surface area (Å²) in [6, 6.07) is 6.37. The van der Waals surface area contributed by atoms with E-state index in [0.29, 0.717) is 0 Å². The summed E-state index contributed by atoms with van der Waals surface area (Å²) in [5.74, 6) is 0. The first-order valence-corrected chi connectivity index (χ1v) is 7.53. The molecular weight excluding hydrogens is 308 g/mol. The van der Waals surface area contributed by atoms with Crippen LogP contribution < -0.4 is 0 Å². The van der Waals surface area contributed by atoms with Gasteiger partial charge in [-0.3, -0.25) is 4.40 Å². The van der Waals surface area contributed by atoms with E-state index in [1.807, 2.05) is 0 Å². The minimum atomic E-state index is 0.976. The Morgan fingerprint density at radius 1 is 1.33 bits per heavy atom. The van der Waals surface area contributed by atoms with Crippen LogP contribution in [0, 0.1) is 13.8 Å². The molecule has 0 amide bonds. The average molecular weight is 319 g/mol. The molecule has 0 aliphatic heterocycles. The lowest BCUT2D eigenvalue weighted by Gasteiger charge is -2.01. The summed E-state index contributed by atoms with van der Waals surface area (Å²) in [7, 11) is 0. The van der Waals surface area contributed by atoms with Gasteiger partial charge in [-0.05, 0) is 25.5 Å². The summed E-state index contributed by atoms with van der Waals surface area (Å²) in [6.07, 6.45) is 0.976. The lowest BCUT2D eigenvalue weighted by Crippen LogP contribution is -1.92. The molecule has 1 aliphatic rings. The minimum absolute atomic E-state index is 0.976. The second kappa shape index (κ2) is 3.45. The number of halogens is 1. The van der Waals surface area contributed by atoms with E-state index >= 15 is 0 Å². The Hall–Kier alpha value is -1.13. The Balaban J connectivity index is 2.09. The predicted molar refractivity (Wildman–Crippen MR) is 78.5 cm³/mol. The minimum Gasteiger partial charge on any atom is -0.291 e. The molecule has 4 heteroatoms. The van der Waals surface area contributed by atoms with Gasteiger partial charge >= 0.3 is 0 Å². The first-order chi connectivity index (χ1) is 8.66. The number of aryl methyl sites for hydroxylation is 2. The molecule has 1 aromatic carbocycles. The van der Waals surface area contributed by atoms with Gasteiger partial charge in [0.25, 0.3) is 0 Å². The molecule has 18 heavy (non-hydrogen) atoms. The lowest BCUT2D eigenvalue weighted by atomic mass is 10.1. The number of imidazole rings is 1. The van der Waals surface area contributed by atoms with E-state index < -0.39 is 0 Å². The molecule has 4 rings (SSSR count). The van der Waals surface area contributed by atoms with Gasteiger partial charge in [-0.15, -0.1) is 11.3 Å². The Kier molecular flexibility index (Phi) is 2.07. The van der Waals surface area contributed by atoms with E-state index in [1.54, 1.807) is 11.3 Å². The normalized spacial score (nSPS) is 13.1. The molecule has 2 aromatic heterocycles. The van der Waals surface area contributed by atoms with Crippen molar-refractivity contribution in [2.24, 2.45) is 0 Å². The Bertz CT molecular complexity index is 798. The number of benzene rings is 1. The number of rotatable bonds is 0. The fraction of sp³-hybridized carbons (Fsp3) is 0.214. The first kappa shape index (κ1) is 10.8. The molecule has 2 heterocycles. The van der Waals surface area contributed by atoms with Crippen LogP contribution in [0.5, 0.6) is 0 Å². The highest BCUT2D eigenvalue weighted by Gasteiger charge is 2.27. The standard InChI is InChI=1S/C14H11BrN2S/c1-7-8(2)18-14-16-13-9-4-3-5-11(15)10(9)6-12(13)17(7)14/h3-5H,6H2,1-2H3. The van der Waals surface area contributed by atoms with Crippen LogP contribution in [0.4, 0.5) is 0 Å². The highest BCUT2D eigenvalue weighted by molar-refractivity contribution is 9.10. The molecule has 0 atom stereocenters. The lowest BCUT2D eigenvalue weighted by molar-refractivity contribution is 1.01. The zero-order valence-electron chi connectivity index (χ0n) is 10.1.